The molecule has 7 heteroatoms. The van der Waals surface area contributed by atoms with Crippen LogP contribution in [0.3, 0.4) is 0 Å². The summed E-state index contributed by atoms with van der Waals surface area (Å²) < 4.78 is 14.2. The van der Waals surface area contributed by atoms with Crippen molar-refractivity contribution in [3.63, 3.8) is 0 Å². The van der Waals surface area contributed by atoms with Crippen molar-refractivity contribution in [1.29, 1.82) is 0 Å². The molecule has 2 aromatic rings. The predicted molar refractivity (Wildman–Crippen MR) is 92.4 cm³/mol. The largest absolute Gasteiger partial charge is 0.468 e. The Labute approximate surface area is 142 Å². The molecule has 0 bridgehead atoms. The number of para-hydroxylation sites is 2. The van der Waals surface area contributed by atoms with Crippen molar-refractivity contribution in [2.75, 3.05) is 13.2 Å². The molecule has 0 atom stereocenters. The quantitative estimate of drug-likeness (QED) is 0.428. The standard InChI is InChI=1S/C17H24BN2O4/c1-5-23-15(21)11-18(12-16(22)24-6-2)17-19(3)13-9-7-8-10-14(13)20(17)4/h7-10H,5-6,11-12H2,1-4H3. The lowest BCUT2D eigenvalue weighted by atomic mass is 9.44. The molecule has 6 nitrogen and oxygen atoms in total. The Morgan fingerprint density at radius 3 is 2.12 bits per heavy atom. The van der Waals surface area contributed by atoms with E-state index in [-0.39, 0.29) is 31.3 Å². The van der Waals surface area contributed by atoms with Crippen molar-refractivity contribution in [3.05, 3.63) is 24.3 Å². The molecule has 129 valence electrons. The van der Waals surface area contributed by atoms with Gasteiger partial charge in [0.2, 0.25) is 0 Å². The number of aryl methyl sites for hydroxylation is 2. The Balaban J connectivity index is 2.42. The van der Waals surface area contributed by atoms with Crippen LogP contribution in [0, 0.1) is 0 Å². The van der Waals surface area contributed by atoms with Crippen LogP contribution in [0.15, 0.2) is 24.3 Å². The zero-order valence-corrected chi connectivity index (χ0v) is 14.7. The van der Waals surface area contributed by atoms with E-state index in [2.05, 4.69) is 0 Å². The van der Waals surface area contributed by atoms with Crippen LogP contribution in [0.25, 0.3) is 11.0 Å². The van der Waals surface area contributed by atoms with Crippen LogP contribution >= 0.6 is 0 Å². The number of carbonyl (C=O) groups excluding carboxylic acids is 2. The minimum absolute atomic E-state index is 0.144. The fourth-order valence-electron chi connectivity index (χ4n) is 3.15. The second-order valence-electron chi connectivity index (χ2n) is 5.68. The number of hydrogen-bond donors (Lipinski definition) is 0. The summed E-state index contributed by atoms with van der Waals surface area (Å²) in [5.74, 6) is -0.617. The summed E-state index contributed by atoms with van der Waals surface area (Å²) in [6.07, 6.45) is 0.287. The van der Waals surface area contributed by atoms with Gasteiger partial charge in [0.1, 0.15) is 0 Å². The van der Waals surface area contributed by atoms with Gasteiger partial charge in [-0.15, -0.1) is 0 Å². The number of fused-ring (bicyclic) bond motifs is 1. The predicted octanol–water partition coefficient (Wildman–Crippen LogP) is 0.831. The number of aromatic nitrogens is 2. The van der Waals surface area contributed by atoms with E-state index < -0.39 is 0 Å². The fraction of sp³-hybridized carbons (Fsp3) is 0.471. The third kappa shape index (κ3) is 3.78. The van der Waals surface area contributed by atoms with Gasteiger partial charge < -0.3 is 9.47 Å². The Kier molecular flexibility index (Phi) is 6.01. The normalized spacial score (nSPS) is 11.0. The Hall–Kier alpha value is -2.31. The molecule has 0 N–H and O–H groups in total. The molecule has 0 fully saturated rings. The molecule has 1 aromatic heterocycles. The fourth-order valence-corrected chi connectivity index (χ4v) is 3.15. The van der Waals surface area contributed by atoms with Gasteiger partial charge in [-0.05, 0) is 26.0 Å². The number of carbonyl (C=O) groups is 2. The highest BCUT2D eigenvalue weighted by molar-refractivity contribution is 6.76. The zero-order chi connectivity index (χ0) is 17.7. The van der Waals surface area contributed by atoms with E-state index in [0.29, 0.717) is 13.2 Å². The van der Waals surface area contributed by atoms with Crippen LogP contribution in [0.4, 0.5) is 0 Å². The van der Waals surface area contributed by atoms with E-state index in [4.69, 9.17) is 9.47 Å². The number of hydrogen-bond acceptors (Lipinski definition) is 4. The summed E-state index contributed by atoms with van der Waals surface area (Å²) in [5.41, 5.74) is 3.00. The summed E-state index contributed by atoms with van der Waals surface area (Å²) in [6.45, 7) is 3.90. The number of nitrogens with zero attached hydrogens (tertiary/aromatic N) is 2. The van der Waals surface area contributed by atoms with Gasteiger partial charge in [-0.25, -0.2) is 0 Å². The molecule has 0 spiro atoms. The van der Waals surface area contributed by atoms with Crippen LogP contribution in [0.5, 0.6) is 0 Å². The van der Waals surface area contributed by atoms with Gasteiger partial charge >= 0.3 is 0 Å². The first-order valence-electron chi connectivity index (χ1n) is 8.24. The van der Waals surface area contributed by atoms with Crippen LogP contribution in [-0.4, -0.2) is 36.4 Å². The van der Waals surface area contributed by atoms with Crippen molar-refractivity contribution in [1.82, 2.24) is 4.57 Å². The highest BCUT2D eigenvalue weighted by Crippen LogP contribution is 2.11. The minimum atomic E-state index is -0.308. The maximum atomic E-state index is 12.0. The van der Waals surface area contributed by atoms with E-state index >= 15 is 0 Å². The molecule has 0 amide bonds. The lowest BCUT2D eigenvalue weighted by molar-refractivity contribution is -0.627. The lowest BCUT2D eigenvalue weighted by Crippen LogP contribution is -2.57. The Morgan fingerprint density at radius 1 is 1.08 bits per heavy atom. The highest BCUT2D eigenvalue weighted by Gasteiger charge is 2.24. The van der Waals surface area contributed by atoms with Crippen molar-refractivity contribution >= 4 is 35.4 Å². The molecule has 24 heavy (non-hydrogen) atoms. The van der Waals surface area contributed by atoms with E-state index in [1.165, 1.54) is 0 Å². The SMILES string of the molecule is CCOC(=O)C[B-](CC(=O)OCC)c1n(C)c2ccccc2[n+]1C. The van der Waals surface area contributed by atoms with Gasteiger partial charge in [-0.3, -0.25) is 18.7 Å². The third-order valence-corrected chi connectivity index (χ3v) is 4.09. The van der Waals surface area contributed by atoms with Crippen molar-refractivity contribution < 1.29 is 23.6 Å². The van der Waals surface area contributed by atoms with Gasteiger partial charge in [0.25, 0.3) is 11.9 Å². The topological polar surface area (TPSA) is 61.4 Å². The average Bonchev–Trinajstić information content (AvgIpc) is 2.79. The number of ether oxygens (including phenoxy) is 2. The number of rotatable bonds is 7. The lowest BCUT2D eigenvalue weighted by Gasteiger charge is -2.22. The van der Waals surface area contributed by atoms with E-state index in [1.54, 1.807) is 13.8 Å². The molecule has 0 unspecified atom stereocenters. The third-order valence-electron chi connectivity index (χ3n) is 4.09. The molecule has 0 saturated carbocycles. The van der Waals surface area contributed by atoms with E-state index in [0.717, 1.165) is 16.8 Å². The monoisotopic (exact) mass is 331 g/mol. The first-order chi connectivity index (χ1) is 11.5. The van der Waals surface area contributed by atoms with Gasteiger partial charge in [-0.1, -0.05) is 24.8 Å². The smallest absolute Gasteiger partial charge is 0.268 e. The molecule has 0 aliphatic heterocycles. The summed E-state index contributed by atoms with van der Waals surface area (Å²) in [4.78, 5) is 24.0. The molecular formula is C17H24BN2O4. The number of esters is 2. The summed E-state index contributed by atoms with van der Waals surface area (Å²) in [6, 6.07) is 7.98. The molecule has 1 heterocycles. The van der Waals surface area contributed by atoms with Crippen LogP contribution in [0.2, 0.25) is 12.6 Å². The second kappa shape index (κ2) is 7.99. The summed E-state index contributed by atoms with van der Waals surface area (Å²) in [5, 5.41) is 0. The van der Waals surface area contributed by atoms with Crippen molar-refractivity contribution in [2.24, 2.45) is 14.1 Å². The van der Waals surface area contributed by atoms with Crippen LogP contribution in [0.1, 0.15) is 13.8 Å². The van der Waals surface area contributed by atoms with E-state index in [1.807, 2.05) is 47.5 Å². The van der Waals surface area contributed by atoms with Crippen molar-refractivity contribution in [2.45, 2.75) is 26.5 Å². The maximum Gasteiger partial charge on any atom is 0.268 e. The van der Waals surface area contributed by atoms with Crippen LogP contribution < -0.4 is 10.3 Å². The molecule has 1 aromatic carbocycles. The maximum absolute atomic E-state index is 12.0. The first kappa shape index (κ1) is 18.0. The molecule has 0 saturated heterocycles. The van der Waals surface area contributed by atoms with Gasteiger partial charge in [0, 0.05) is 12.4 Å². The van der Waals surface area contributed by atoms with Crippen LogP contribution in [-0.2, 0) is 33.2 Å². The van der Waals surface area contributed by atoms with Gasteiger partial charge in [-0.2, -0.15) is 0 Å². The van der Waals surface area contributed by atoms with Gasteiger partial charge in [0.05, 0.1) is 27.3 Å². The zero-order valence-electron chi connectivity index (χ0n) is 14.7. The van der Waals surface area contributed by atoms with E-state index in [9.17, 15) is 9.59 Å². The number of imidazole rings is 1. The Bertz CT molecular complexity index is 683. The average molecular weight is 331 g/mol. The summed E-state index contributed by atoms with van der Waals surface area (Å²) in [7, 11) is 3.89. The first-order valence-corrected chi connectivity index (χ1v) is 8.24. The molecule has 1 radical (unpaired) electrons. The minimum Gasteiger partial charge on any atom is -0.468 e. The molecule has 0 aliphatic rings. The number of benzene rings is 1. The molecule has 2 rings (SSSR count). The molecule has 0 aliphatic carbocycles. The Morgan fingerprint density at radius 2 is 1.62 bits per heavy atom. The highest BCUT2D eigenvalue weighted by atomic mass is 16.5. The molecular weight excluding hydrogens is 307 g/mol. The van der Waals surface area contributed by atoms with Gasteiger partial charge in [0.15, 0.2) is 11.0 Å². The van der Waals surface area contributed by atoms with Crippen molar-refractivity contribution in [3.8, 4) is 0 Å². The summed E-state index contributed by atoms with van der Waals surface area (Å²) >= 11 is 0. The second-order valence-corrected chi connectivity index (χ2v) is 5.68.